The second-order valence-electron chi connectivity index (χ2n) is 7.04. The van der Waals surface area contributed by atoms with Crippen molar-refractivity contribution in [1.82, 2.24) is 9.97 Å². The zero-order chi connectivity index (χ0) is 18.9. The summed E-state index contributed by atoms with van der Waals surface area (Å²) < 4.78 is 12.2. The van der Waals surface area contributed by atoms with Crippen molar-refractivity contribution in [2.75, 3.05) is 36.0 Å². The van der Waals surface area contributed by atoms with E-state index >= 15 is 0 Å². The van der Waals surface area contributed by atoms with Crippen LogP contribution in [-0.2, 0) is 0 Å². The van der Waals surface area contributed by atoms with Gasteiger partial charge in [-0.1, -0.05) is 30.3 Å². The van der Waals surface area contributed by atoms with Crippen LogP contribution in [0.3, 0.4) is 0 Å². The van der Waals surface area contributed by atoms with Gasteiger partial charge in [0.25, 0.3) is 6.29 Å². The van der Waals surface area contributed by atoms with Gasteiger partial charge in [-0.3, -0.25) is 0 Å². The molecule has 0 aliphatic carbocycles. The van der Waals surface area contributed by atoms with Crippen LogP contribution in [0.5, 0.6) is 11.5 Å². The van der Waals surface area contributed by atoms with Crippen molar-refractivity contribution in [3.05, 3.63) is 72.1 Å². The highest BCUT2D eigenvalue weighted by atomic mass is 16.7. The lowest BCUT2D eigenvalue weighted by Crippen LogP contribution is -2.47. The Morgan fingerprint density at radius 3 is 2.29 bits per heavy atom. The van der Waals surface area contributed by atoms with E-state index in [1.807, 2.05) is 42.5 Å². The second-order valence-corrected chi connectivity index (χ2v) is 7.04. The van der Waals surface area contributed by atoms with E-state index in [1.54, 1.807) is 12.4 Å². The molecule has 2 aliphatic heterocycles. The zero-order valence-corrected chi connectivity index (χ0v) is 15.8. The Bertz CT molecular complexity index is 957. The van der Waals surface area contributed by atoms with Crippen LogP contribution in [0.25, 0.3) is 0 Å². The summed E-state index contributed by atoms with van der Waals surface area (Å²) in [4.78, 5) is 13.3. The van der Waals surface area contributed by atoms with Gasteiger partial charge in [-0.15, -0.1) is 0 Å². The topological polar surface area (TPSA) is 50.7 Å². The predicted octanol–water partition coefficient (Wildman–Crippen LogP) is 3.58. The third-order valence-corrected chi connectivity index (χ3v) is 5.33. The van der Waals surface area contributed by atoms with Gasteiger partial charge in [0.1, 0.15) is 0 Å². The fourth-order valence-electron chi connectivity index (χ4n) is 3.83. The van der Waals surface area contributed by atoms with Gasteiger partial charge in [0.05, 0.1) is 0 Å². The monoisotopic (exact) mass is 374 g/mol. The predicted molar refractivity (Wildman–Crippen MR) is 108 cm³/mol. The van der Waals surface area contributed by atoms with Crippen molar-refractivity contribution in [1.29, 1.82) is 0 Å². The Labute approximate surface area is 164 Å². The van der Waals surface area contributed by atoms with E-state index in [2.05, 4.69) is 32.8 Å². The third-order valence-electron chi connectivity index (χ3n) is 5.33. The van der Waals surface area contributed by atoms with Crippen molar-refractivity contribution < 1.29 is 9.47 Å². The summed E-state index contributed by atoms with van der Waals surface area (Å²) in [7, 11) is 0. The Morgan fingerprint density at radius 2 is 1.54 bits per heavy atom. The van der Waals surface area contributed by atoms with Crippen LogP contribution in [0, 0.1) is 6.92 Å². The molecule has 142 valence electrons. The van der Waals surface area contributed by atoms with Crippen molar-refractivity contribution in [3.8, 4) is 11.5 Å². The molecule has 28 heavy (non-hydrogen) atoms. The van der Waals surface area contributed by atoms with Crippen LogP contribution in [0.1, 0.15) is 17.4 Å². The molecule has 0 N–H and O–H groups in total. The van der Waals surface area contributed by atoms with Crippen molar-refractivity contribution in [3.63, 3.8) is 0 Å². The summed E-state index contributed by atoms with van der Waals surface area (Å²) in [6.45, 7) is 5.73. The molecule has 3 aromatic rings. The number of nitrogens with zero attached hydrogens (tertiary/aromatic N) is 4. The van der Waals surface area contributed by atoms with Crippen LogP contribution in [0.4, 0.5) is 11.6 Å². The number of piperazine rings is 1. The van der Waals surface area contributed by atoms with Crippen LogP contribution in [0.15, 0.2) is 60.9 Å². The lowest BCUT2D eigenvalue weighted by molar-refractivity contribution is 0.0484. The fraction of sp³-hybridized carbons (Fsp3) is 0.273. The second kappa shape index (κ2) is 7.03. The zero-order valence-electron chi connectivity index (χ0n) is 15.8. The van der Waals surface area contributed by atoms with Crippen molar-refractivity contribution in [2.24, 2.45) is 0 Å². The smallest absolute Gasteiger partial charge is 0.267 e. The average Bonchev–Trinajstić information content (AvgIpc) is 3.21. The Balaban J connectivity index is 1.32. The number of aromatic nitrogens is 2. The van der Waals surface area contributed by atoms with Crippen molar-refractivity contribution >= 4 is 11.6 Å². The van der Waals surface area contributed by atoms with Gasteiger partial charge in [0.15, 0.2) is 11.5 Å². The summed E-state index contributed by atoms with van der Waals surface area (Å²) >= 11 is 0. The molecule has 2 aromatic carbocycles. The van der Waals surface area contributed by atoms with Crippen LogP contribution < -0.4 is 19.3 Å². The molecule has 0 bridgehead atoms. The summed E-state index contributed by atoms with van der Waals surface area (Å²) in [5.74, 6) is 2.46. The summed E-state index contributed by atoms with van der Waals surface area (Å²) in [6, 6.07) is 16.0. The molecule has 0 amide bonds. The van der Waals surface area contributed by atoms with Crippen LogP contribution in [0.2, 0.25) is 0 Å². The molecule has 1 fully saturated rings. The molecule has 0 spiro atoms. The van der Waals surface area contributed by atoms with Gasteiger partial charge >= 0.3 is 0 Å². The summed E-state index contributed by atoms with van der Waals surface area (Å²) in [6.07, 6.45) is 3.21. The maximum atomic E-state index is 6.17. The van der Waals surface area contributed by atoms with Crippen molar-refractivity contribution in [2.45, 2.75) is 13.2 Å². The lowest BCUT2D eigenvalue weighted by Gasteiger charge is -2.36. The number of rotatable bonds is 3. The molecule has 0 saturated carbocycles. The number of hydrogen-bond donors (Lipinski definition) is 0. The van der Waals surface area contributed by atoms with Gasteiger partial charge < -0.3 is 19.3 Å². The normalized spacial score (nSPS) is 18.4. The highest BCUT2D eigenvalue weighted by molar-refractivity contribution is 5.65. The van der Waals surface area contributed by atoms with E-state index in [1.165, 1.54) is 5.69 Å². The largest absolute Gasteiger partial charge is 0.447 e. The maximum absolute atomic E-state index is 6.17. The molecule has 5 rings (SSSR count). The third kappa shape index (κ3) is 3.01. The van der Waals surface area contributed by atoms with Gasteiger partial charge in [0, 0.05) is 55.4 Å². The molecule has 6 nitrogen and oxygen atoms in total. The number of anilines is 2. The first-order chi connectivity index (χ1) is 13.8. The SMILES string of the molecule is Cc1c(N2CCN(c3ncccn3)CC2)ccc2c1OC(c1ccccc1)O2. The Kier molecular flexibility index (Phi) is 4.24. The molecule has 0 radical (unpaired) electrons. The number of fused-ring (bicyclic) bond motifs is 1. The highest BCUT2D eigenvalue weighted by Gasteiger charge is 2.30. The molecule has 1 saturated heterocycles. The van der Waals surface area contributed by atoms with E-state index in [4.69, 9.17) is 9.47 Å². The molecule has 6 heteroatoms. The Hall–Kier alpha value is -3.28. The molecule has 3 heterocycles. The summed E-state index contributed by atoms with van der Waals surface area (Å²) in [5, 5.41) is 0. The first-order valence-electron chi connectivity index (χ1n) is 9.58. The van der Waals surface area contributed by atoms with Gasteiger partial charge in [-0.25, -0.2) is 9.97 Å². The van der Waals surface area contributed by atoms with Gasteiger partial charge in [-0.2, -0.15) is 0 Å². The van der Waals surface area contributed by atoms with Crippen LogP contribution >= 0.6 is 0 Å². The maximum Gasteiger partial charge on any atom is 0.267 e. The minimum atomic E-state index is -0.378. The molecular weight excluding hydrogens is 352 g/mol. The first-order valence-corrected chi connectivity index (χ1v) is 9.58. The quantitative estimate of drug-likeness (QED) is 0.698. The minimum absolute atomic E-state index is 0.378. The van der Waals surface area contributed by atoms with Gasteiger partial charge in [0.2, 0.25) is 5.95 Å². The average molecular weight is 374 g/mol. The van der Waals surface area contributed by atoms with E-state index < -0.39 is 0 Å². The molecule has 2 aliphatic rings. The first kappa shape index (κ1) is 16.9. The molecule has 1 unspecified atom stereocenters. The number of hydrogen-bond acceptors (Lipinski definition) is 6. The molecule has 1 aromatic heterocycles. The van der Waals surface area contributed by atoms with Gasteiger partial charge in [-0.05, 0) is 25.1 Å². The van der Waals surface area contributed by atoms with E-state index in [9.17, 15) is 0 Å². The molecule has 1 atom stereocenters. The highest BCUT2D eigenvalue weighted by Crippen LogP contribution is 2.46. The van der Waals surface area contributed by atoms with E-state index in [-0.39, 0.29) is 6.29 Å². The molecular formula is C22H22N4O2. The fourth-order valence-corrected chi connectivity index (χ4v) is 3.83. The van der Waals surface area contributed by atoms with Crippen LogP contribution in [-0.4, -0.2) is 36.1 Å². The Morgan fingerprint density at radius 1 is 0.821 bits per heavy atom. The number of ether oxygens (including phenoxy) is 2. The standard InChI is InChI=1S/C22H22N4O2/c1-16-18(25-12-14-26(15-13-25)22-23-10-5-11-24-22)8-9-19-20(16)28-21(27-19)17-6-3-2-4-7-17/h2-11,21H,12-15H2,1H3. The van der Waals surface area contributed by atoms with E-state index in [0.717, 1.165) is 54.8 Å². The lowest BCUT2D eigenvalue weighted by atomic mass is 10.1. The summed E-state index contributed by atoms with van der Waals surface area (Å²) in [5.41, 5.74) is 3.35. The minimum Gasteiger partial charge on any atom is -0.447 e. The van der Waals surface area contributed by atoms with E-state index in [0.29, 0.717) is 0 Å². The number of benzene rings is 2.